The number of allylic oxidation sites excluding steroid dienone is 1. The Morgan fingerprint density at radius 1 is 1.56 bits per heavy atom. The summed E-state index contributed by atoms with van der Waals surface area (Å²) in [5, 5.41) is 17.3. The van der Waals surface area contributed by atoms with E-state index in [2.05, 4.69) is 0 Å². The lowest BCUT2D eigenvalue weighted by Gasteiger charge is -2.02. The van der Waals surface area contributed by atoms with Crippen LogP contribution in [0.25, 0.3) is 0 Å². The summed E-state index contributed by atoms with van der Waals surface area (Å²) in [7, 11) is 0. The molecule has 0 amide bonds. The Hall–Kier alpha value is -0.340. The van der Waals surface area contributed by atoms with Crippen molar-refractivity contribution in [3.63, 3.8) is 0 Å². The number of hydrogen-bond acceptors (Lipinski definition) is 2. The summed E-state index contributed by atoms with van der Waals surface area (Å²) in [5.74, 6) is 0.382. The predicted molar refractivity (Wildman–Crippen MR) is 35.0 cm³/mol. The van der Waals surface area contributed by atoms with Gasteiger partial charge in [0.05, 0.1) is 6.61 Å². The van der Waals surface area contributed by atoms with Crippen molar-refractivity contribution in [3.05, 3.63) is 11.6 Å². The molecule has 0 saturated heterocycles. The first-order valence-corrected chi connectivity index (χ1v) is 3.26. The highest BCUT2D eigenvalue weighted by Crippen LogP contribution is 2.23. The molecule has 0 spiro atoms. The van der Waals surface area contributed by atoms with E-state index in [1.54, 1.807) is 0 Å². The van der Waals surface area contributed by atoms with Crippen molar-refractivity contribution >= 4 is 0 Å². The Balaban J connectivity index is 2.31. The lowest BCUT2D eigenvalue weighted by atomic mass is 10.1. The van der Waals surface area contributed by atoms with E-state index in [4.69, 9.17) is 10.2 Å². The Morgan fingerprint density at radius 2 is 2.33 bits per heavy atom. The van der Waals surface area contributed by atoms with Gasteiger partial charge in [-0.1, -0.05) is 6.08 Å². The average Bonchev–Trinajstić information content (AvgIpc) is 2.34. The molecule has 0 fully saturated rings. The molecule has 0 aromatic heterocycles. The molecule has 0 aliphatic heterocycles. The molecular weight excluding hydrogens is 116 g/mol. The lowest BCUT2D eigenvalue weighted by molar-refractivity contribution is 0.229. The van der Waals surface area contributed by atoms with Gasteiger partial charge in [0.25, 0.3) is 0 Å². The van der Waals surface area contributed by atoms with Crippen LogP contribution in [-0.4, -0.2) is 23.4 Å². The summed E-state index contributed by atoms with van der Waals surface area (Å²) in [6.45, 7) is 0.413. The van der Waals surface area contributed by atoms with Crippen LogP contribution >= 0.6 is 0 Å². The van der Waals surface area contributed by atoms with Gasteiger partial charge in [0, 0.05) is 6.61 Å². The maximum atomic E-state index is 8.66. The van der Waals surface area contributed by atoms with Crippen LogP contribution in [0.1, 0.15) is 12.8 Å². The maximum Gasteiger partial charge on any atom is 0.0641 e. The van der Waals surface area contributed by atoms with E-state index in [0.29, 0.717) is 5.92 Å². The second-order valence-electron chi connectivity index (χ2n) is 2.51. The maximum absolute atomic E-state index is 8.66. The van der Waals surface area contributed by atoms with Gasteiger partial charge in [-0.3, -0.25) is 0 Å². The van der Waals surface area contributed by atoms with E-state index >= 15 is 0 Å². The van der Waals surface area contributed by atoms with Crippen LogP contribution in [0.5, 0.6) is 0 Å². The molecule has 0 heterocycles. The zero-order valence-electron chi connectivity index (χ0n) is 5.38. The fraction of sp³-hybridized carbons (Fsp3) is 0.714. The zero-order chi connectivity index (χ0) is 6.69. The summed E-state index contributed by atoms with van der Waals surface area (Å²) in [4.78, 5) is 0. The van der Waals surface area contributed by atoms with E-state index in [1.165, 1.54) is 0 Å². The molecule has 2 nitrogen and oxygen atoms in total. The fourth-order valence-electron chi connectivity index (χ4n) is 1.14. The van der Waals surface area contributed by atoms with Crippen LogP contribution in [0, 0.1) is 5.92 Å². The predicted octanol–water partition coefficient (Wildman–Crippen LogP) is 0.307. The summed E-state index contributed by atoms with van der Waals surface area (Å²) in [6, 6.07) is 0. The van der Waals surface area contributed by atoms with Crippen molar-refractivity contribution in [2.24, 2.45) is 5.92 Å². The molecule has 1 aliphatic rings. The third-order valence-corrected chi connectivity index (χ3v) is 1.75. The van der Waals surface area contributed by atoms with E-state index < -0.39 is 0 Å². The van der Waals surface area contributed by atoms with Crippen LogP contribution in [0.15, 0.2) is 11.6 Å². The van der Waals surface area contributed by atoms with Gasteiger partial charge in [-0.05, 0) is 24.3 Å². The van der Waals surface area contributed by atoms with Crippen LogP contribution in [0.4, 0.5) is 0 Å². The highest BCUT2D eigenvalue weighted by atomic mass is 16.3. The Kier molecular flexibility index (Phi) is 2.25. The van der Waals surface area contributed by atoms with Gasteiger partial charge in [0.15, 0.2) is 0 Å². The van der Waals surface area contributed by atoms with Crippen molar-refractivity contribution in [1.82, 2.24) is 0 Å². The lowest BCUT2D eigenvalue weighted by Crippen LogP contribution is -2.00. The van der Waals surface area contributed by atoms with Crippen LogP contribution in [0.3, 0.4) is 0 Å². The molecule has 1 rings (SSSR count). The van der Waals surface area contributed by atoms with Crippen molar-refractivity contribution in [1.29, 1.82) is 0 Å². The van der Waals surface area contributed by atoms with Gasteiger partial charge in [0.2, 0.25) is 0 Å². The Morgan fingerprint density at radius 3 is 2.67 bits per heavy atom. The largest absolute Gasteiger partial charge is 0.396 e. The van der Waals surface area contributed by atoms with E-state index in [1.807, 2.05) is 6.08 Å². The average molecular weight is 128 g/mol. The summed E-state index contributed by atoms with van der Waals surface area (Å²) in [5.41, 5.74) is 1.08. The number of aliphatic hydroxyl groups is 2. The molecule has 1 aliphatic carbocycles. The summed E-state index contributed by atoms with van der Waals surface area (Å²) < 4.78 is 0. The second-order valence-corrected chi connectivity index (χ2v) is 2.51. The smallest absolute Gasteiger partial charge is 0.0641 e. The van der Waals surface area contributed by atoms with Crippen LogP contribution in [-0.2, 0) is 0 Å². The van der Waals surface area contributed by atoms with Gasteiger partial charge in [-0.15, -0.1) is 0 Å². The van der Waals surface area contributed by atoms with E-state index in [-0.39, 0.29) is 13.2 Å². The zero-order valence-corrected chi connectivity index (χ0v) is 5.38. The quantitative estimate of drug-likeness (QED) is 0.525. The highest BCUT2D eigenvalue weighted by Gasteiger charge is 2.14. The first-order chi connectivity index (χ1) is 4.36. The second kappa shape index (κ2) is 2.99. The SMILES string of the molecule is OCC1=CCC(CO)C1. The topological polar surface area (TPSA) is 40.5 Å². The standard InChI is InChI=1S/C7H12O2/c8-4-6-1-2-7(3-6)5-9/h1,7-9H,2-5H2. The van der Waals surface area contributed by atoms with Crippen LogP contribution < -0.4 is 0 Å². The molecule has 2 heteroatoms. The first-order valence-electron chi connectivity index (χ1n) is 3.26. The molecule has 0 aromatic carbocycles. The van der Waals surface area contributed by atoms with Crippen molar-refractivity contribution in [3.8, 4) is 0 Å². The molecule has 0 aromatic rings. The number of rotatable bonds is 2. The molecule has 1 atom stereocenters. The monoisotopic (exact) mass is 128 g/mol. The van der Waals surface area contributed by atoms with Gasteiger partial charge >= 0.3 is 0 Å². The molecule has 0 saturated carbocycles. The van der Waals surface area contributed by atoms with Gasteiger partial charge in [-0.25, -0.2) is 0 Å². The molecule has 9 heavy (non-hydrogen) atoms. The van der Waals surface area contributed by atoms with Gasteiger partial charge in [-0.2, -0.15) is 0 Å². The normalized spacial score (nSPS) is 26.4. The Labute approximate surface area is 54.8 Å². The van der Waals surface area contributed by atoms with E-state index in [0.717, 1.165) is 18.4 Å². The third-order valence-electron chi connectivity index (χ3n) is 1.75. The number of aliphatic hydroxyl groups excluding tert-OH is 2. The summed E-state index contributed by atoms with van der Waals surface area (Å²) in [6.07, 6.45) is 3.83. The highest BCUT2D eigenvalue weighted by molar-refractivity contribution is 5.09. The molecule has 2 N–H and O–H groups in total. The third kappa shape index (κ3) is 1.53. The Bertz CT molecular complexity index is 118. The summed E-state index contributed by atoms with van der Waals surface area (Å²) >= 11 is 0. The van der Waals surface area contributed by atoms with Crippen molar-refractivity contribution in [2.45, 2.75) is 12.8 Å². The van der Waals surface area contributed by atoms with Crippen molar-refractivity contribution in [2.75, 3.05) is 13.2 Å². The minimum absolute atomic E-state index is 0.163. The van der Waals surface area contributed by atoms with Gasteiger partial charge in [0.1, 0.15) is 0 Å². The van der Waals surface area contributed by atoms with Gasteiger partial charge < -0.3 is 10.2 Å². The number of hydrogen-bond donors (Lipinski definition) is 2. The molecule has 52 valence electrons. The minimum Gasteiger partial charge on any atom is -0.396 e. The first kappa shape index (κ1) is 6.78. The molecular formula is C7H12O2. The minimum atomic E-state index is 0.163. The fourth-order valence-corrected chi connectivity index (χ4v) is 1.14. The van der Waals surface area contributed by atoms with E-state index in [9.17, 15) is 0 Å². The molecule has 0 bridgehead atoms. The van der Waals surface area contributed by atoms with Crippen LogP contribution in [0.2, 0.25) is 0 Å². The molecule has 1 unspecified atom stereocenters. The van der Waals surface area contributed by atoms with Crippen molar-refractivity contribution < 1.29 is 10.2 Å². The molecule has 0 radical (unpaired) electrons.